The summed E-state index contributed by atoms with van der Waals surface area (Å²) >= 11 is 3.37. The number of nitrogens with zero attached hydrogens (tertiary/aromatic N) is 1. The average molecular weight is 335 g/mol. The molecular weight excluding hydrogens is 323 g/mol. The molecule has 0 aliphatic heterocycles. The SMILES string of the molecule is COc1cc(NCc2cccc(C#N)c2F)ccc1Br. The van der Waals surface area contributed by atoms with Crippen LogP contribution in [-0.2, 0) is 6.54 Å². The van der Waals surface area contributed by atoms with Crippen molar-refractivity contribution in [3.8, 4) is 11.8 Å². The second-order valence-electron chi connectivity index (χ2n) is 4.09. The largest absolute Gasteiger partial charge is 0.495 e. The first kappa shape index (κ1) is 14.4. The van der Waals surface area contributed by atoms with E-state index in [0.29, 0.717) is 17.9 Å². The van der Waals surface area contributed by atoms with Crippen LogP contribution in [0.2, 0.25) is 0 Å². The minimum atomic E-state index is -0.480. The van der Waals surface area contributed by atoms with Crippen molar-refractivity contribution in [3.05, 3.63) is 57.8 Å². The van der Waals surface area contributed by atoms with Crippen LogP contribution in [0, 0.1) is 17.1 Å². The lowest BCUT2D eigenvalue weighted by Crippen LogP contribution is -2.03. The van der Waals surface area contributed by atoms with E-state index in [4.69, 9.17) is 10.00 Å². The van der Waals surface area contributed by atoms with Gasteiger partial charge in [0, 0.05) is 23.9 Å². The highest BCUT2D eigenvalue weighted by Crippen LogP contribution is 2.28. The van der Waals surface area contributed by atoms with Crippen LogP contribution in [0.1, 0.15) is 11.1 Å². The van der Waals surface area contributed by atoms with Crippen LogP contribution < -0.4 is 10.1 Å². The third-order valence-corrected chi connectivity index (χ3v) is 3.49. The molecule has 0 aliphatic rings. The fourth-order valence-electron chi connectivity index (χ4n) is 1.77. The van der Waals surface area contributed by atoms with Gasteiger partial charge in [-0.2, -0.15) is 5.26 Å². The van der Waals surface area contributed by atoms with E-state index in [1.54, 1.807) is 19.2 Å². The second kappa shape index (κ2) is 6.40. The molecule has 0 saturated heterocycles. The van der Waals surface area contributed by atoms with Gasteiger partial charge in [0.1, 0.15) is 17.6 Å². The van der Waals surface area contributed by atoms with Gasteiger partial charge in [-0.1, -0.05) is 12.1 Å². The minimum Gasteiger partial charge on any atom is -0.495 e. The van der Waals surface area contributed by atoms with Crippen molar-refractivity contribution >= 4 is 21.6 Å². The van der Waals surface area contributed by atoms with Crippen LogP contribution >= 0.6 is 15.9 Å². The van der Waals surface area contributed by atoms with Crippen LogP contribution in [0.3, 0.4) is 0 Å². The Balaban J connectivity index is 2.15. The maximum absolute atomic E-state index is 13.9. The quantitative estimate of drug-likeness (QED) is 0.916. The van der Waals surface area contributed by atoms with Crippen molar-refractivity contribution in [1.29, 1.82) is 5.26 Å². The van der Waals surface area contributed by atoms with E-state index in [0.717, 1.165) is 10.2 Å². The molecule has 0 radical (unpaired) electrons. The van der Waals surface area contributed by atoms with Crippen LogP contribution in [0.15, 0.2) is 40.9 Å². The van der Waals surface area contributed by atoms with Crippen LogP contribution in [0.5, 0.6) is 5.75 Å². The van der Waals surface area contributed by atoms with Gasteiger partial charge >= 0.3 is 0 Å². The zero-order chi connectivity index (χ0) is 14.5. The lowest BCUT2D eigenvalue weighted by atomic mass is 10.1. The fourth-order valence-corrected chi connectivity index (χ4v) is 2.18. The van der Waals surface area contributed by atoms with Gasteiger partial charge in [-0.15, -0.1) is 0 Å². The Hall–Kier alpha value is -2.06. The molecule has 0 atom stereocenters. The van der Waals surface area contributed by atoms with E-state index < -0.39 is 5.82 Å². The summed E-state index contributed by atoms with van der Waals surface area (Å²) in [7, 11) is 1.58. The van der Waals surface area contributed by atoms with E-state index in [2.05, 4.69) is 21.2 Å². The van der Waals surface area contributed by atoms with Crippen molar-refractivity contribution in [2.75, 3.05) is 12.4 Å². The third-order valence-electron chi connectivity index (χ3n) is 2.83. The number of halogens is 2. The number of benzene rings is 2. The Morgan fingerprint density at radius 3 is 2.85 bits per heavy atom. The summed E-state index contributed by atoms with van der Waals surface area (Å²) in [5, 5.41) is 11.9. The highest BCUT2D eigenvalue weighted by atomic mass is 79.9. The molecule has 0 bridgehead atoms. The van der Waals surface area contributed by atoms with Crippen molar-refractivity contribution in [2.24, 2.45) is 0 Å². The molecular formula is C15H12BrFN2O. The molecule has 2 aromatic rings. The summed E-state index contributed by atoms with van der Waals surface area (Å²) in [6, 6.07) is 12.1. The van der Waals surface area contributed by atoms with E-state index in [9.17, 15) is 4.39 Å². The molecule has 0 heterocycles. The highest BCUT2D eigenvalue weighted by molar-refractivity contribution is 9.10. The monoisotopic (exact) mass is 334 g/mol. The molecule has 0 fully saturated rings. The summed E-state index contributed by atoms with van der Waals surface area (Å²) < 4.78 is 19.9. The third kappa shape index (κ3) is 3.09. The normalized spacial score (nSPS) is 9.90. The Kier molecular flexibility index (Phi) is 4.59. The first-order valence-corrected chi connectivity index (χ1v) is 6.70. The molecule has 2 rings (SSSR count). The summed E-state index contributed by atoms with van der Waals surface area (Å²) in [6.45, 7) is 0.298. The number of nitrogens with one attached hydrogen (secondary N) is 1. The topological polar surface area (TPSA) is 45.0 Å². The standard InChI is InChI=1S/C15H12BrFN2O/c1-20-14-7-12(5-6-13(14)16)19-9-11-4-2-3-10(8-18)15(11)17/h2-7,19H,9H2,1H3. The van der Waals surface area contributed by atoms with E-state index in [-0.39, 0.29) is 5.56 Å². The predicted octanol–water partition coefficient (Wildman–Crippen LogP) is 4.08. The van der Waals surface area contributed by atoms with E-state index in [1.165, 1.54) is 6.07 Å². The number of anilines is 1. The number of methoxy groups -OCH3 is 1. The first-order chi connectivity index (χ1) is 9.65. The van der Waals surface area contributed by atoms with Gasteiger partial charge in [-0.3, -0.25) is 0 Å². The van der Waals surface area contributed by atoms with E-state index >= 15 is 0 Å². The van der Waals surface area contributed by atoms with E-state index in [1.807, 2.05) is 24.3 Å². The molecule has 102 valence electrons. The molecule has 0 aliphatic carbocycles. The van der Waals surface area contributed by atoms with Gasteiger partial charge in [-0.05, 0) is 34.1 Å². The summed E-state index contributed by atoms with van der Waals surface area (Å²) in [6.07, 6.45) is 0. The molecule has 1 N–H and O–H groups in total. The lowest BCUT2D eigenvalue weighted by Gasteiger charge is -2.10. The first-order valence-electron chi connectivity index (χ1n) is 5.90. The number of hydrogen-bond acceptors (Lipinski definition) is 3. The summed E-state index contributed by atoms with van der Waals surface area (Å²) in [5.41, 5.74) is 1.32. The molecule has 0 unspecified atom stereocenters. The zero-order valence-electron chi connectivity index (χ0n) is 10.8. The average Bonchev–Trinajstić information content (AvgIpc) is 2.47. The summed E-state index contributed by atoms with van der Waals surface area (Å²) in [4.78, 5) is 0. The van der Waals surface area contributed by atoms with Gasteiger partial charge in [0.05, 0.1) is 17.1 Å². The Bertz CT molecular complexity index is 667. The Morgan fingerprint density at radius 2 is 2.15 bits per heavy atom. The Labute approximate surface area is 125 Å². The number of rotatable bonds is 4. The lowest BCUT2D eigenvalue weighted by molar-refractivity contribution is 0.412. The molecule has 20 heavy (non-hydrogen) atoms. The number of nitriles is 1. The highest BCUT2D eigenvalue weighted by Gasteiger charge is 2.07. The van der Waals surface area contributed by atoms with Gasteiger partial charge in [-0.25, -0.2) is 4.39 Å². The van der Waals surface area contributed by atoms with Gasteiger partial charge in [0.25, 0.3) is 0 Å². The predicted molar refractivity (Wildman–Crippen MR) is 79.1 cm³/mol. The maximum Gasteiger partial charge on any atom is 0.145 e. The molecule has 2 aromatic carbocycles. The van der Waals surface area contributed by atoms with Crippen molar-refractivity contribution in [3.63, 3.8) is 0 Å². The van der Waals surface area contributed by atoms with Crippen molar-refractivity contribution in [1.82, 2.24) is 0 Å². The zero-order valence-corrected chi connectivity index (χ0v) is 12.4. The van der Waals surface area contributed by atoms with Gasteiger partial charge in [0.2, 0.25) is 0 Å². The van der Waals surface area contributed by atoms with Gasteiger partial charge in [0.15, 0.2) is 0 Å². The van der Waals surface area contributed by atoms with Crippen LogP contribution in [0.4, 0.5) is 10.1 Å². The Morgan fingerprint density at radius 1 is 1.35 bits per heavy atom. The van der Waals surface area contributed by atoms with Crippen molar-refractivity contribution in [2.45, 2.75) is 6.54 Å². The van der Waals surface area contributed by atoms with Gasteiger partial charge < -0.3 is 10.1 Å². The van der Waals surface area contributed by atoms with Crippen LogP contribution in [-0.4, -0.2) is 7.11 Å². The smallest absolute Gasteiger partial charge is 0.145 e. The van der Waals surface area contributed by atoms with Crippen LogP contribution in [0.25, 0.3) is 0 Å². The second-order valence-corrected chi connectivity index (χ2v) is 4.95. The number of hydrogen-bond donors (Lipinski definition) is 1. The fraction of sp³-hybridized carbons (Fsp3) is 0.133. The molecule has 0 amide bonds. The number of ether oxygens (including phenoxy) is 1. The maximum atomic E-state index is 13.9. The summed E-state index contributed by atoms with van der Waals surface area (Å²) in [5.74, 6) is 0.216. The molecule has 0 aromatic heterocycles. The molecule has 3 nitrogen and oxygen atoms in total. The minimum absolute atomic E-state index is 0.0534. The van der Waals surface area contributed by atoms with Crippen molar-refractivity contribution < 1.29 is 9.13 Å². The molecule has 5 heteroatoms. The molecule has 0 spiro atoms. The molecule has 0 saturated carbocycles.